The van der Waals surface area contributed by atoms with Crippen LogP contribution in [0.3, 0.4) is 0 Å². The van der Waals surface area contributed by atoms with E-state index in [2.05, 4.69) is 51.2 Å². The average molecular weight is 845 g/mol. The van der Waals surface area contributed by atoms with Gasteiger partial charge in [0.1, 0.15) is 35.6 Å². The van der Waals surface area contributed by atoms with Gasteiger partial charge in [-0.3, -0.25) is 19.2 Å². The molecule has 0 saturated carbocycles. The number of pyridine rings is 1. The number of aryl methyl sites for hydroxylation is 4. The summed E-state index contributed by atoms with van der Waals surface area (Å²) in [7, 11) is 0. The Bertz CT molecular complexity index is 2480. The summed E-state index contributed by atoms with van der Waals surface area (Å²) in [6.07, 6.45) is 6.12. The Morgan fingerprint density at radius 2 is 1.10 bits per heavy atom. The molecule has 326 valence electrons. The normalized spacial score (nSPS) is 10.7. The van der Waals surface area contributed by atoms with Crippen molar-refractivity contribution in [1.82, 2.24) is 35.2 Å². The molecule has 62 heavy (non-hydrogen) atoms. The molecular formula is C46H56N10O6. The minimum absolute atomic E-state index is 0.0311. The predicted molar refractivity (Wildman–Crippen MR) is 241 cm³/mol. The number of aromatic amines is 1. The van der Waals surface area contributed by atoms with Crippen molar-refractivity contribution in [3.8, 4) is 0 Å². The summed E-state index contributed by atoms with van der Waals surface area (Å²) in [4.78, 5) is 66.8. The zero-order valence-corrected chi connectivity index (χ0v) is 36.6. The van der Waals surface area contributed by atoms with Gasteiger partial charge in [0.05, 0.1) is 5.69 Å². The quantitative estimate of drug-likeness (QED) is 0.101. The highest BCUT2D eigenvalue weighted by Gasteiger charge is 2.21. The number of amides is 3. The first kappa shape index (κ1) is 49.0. The maximum absolute atomic E-state index is 12.2. The fourth-order valence-corrected chi connectivity index (χ4v) is 5.68. The van der Waals surface area contributed by atoms with E-state index >= 15 is 0 Å². The third-order valence-electron chi connectivity index (χ3n) is 8.37. The molecule has 0 unspecified atom stereocenters. The van der Waals surface area contributed by atoms with Crippen molar-refractivity contribution in [2.75, 3.05) is 16.0 Å². The van der Waals surface area contributed by atoms with Crippen LogP contribution in [0, 0.1) is 0 Å². The smallest absolute Gasteiger partial charge is 0.277 e. The standard InChI is InChI=1S/C19H17N5O3.C19H15N5O3.4C2H6/c2*25-17-9-7-14-15(20-11-21-18(14)23-17)8-6-13-10-16(24-27-13)19(26)22-12-4-2-1-3-5-12;4*1-2/h1-5,10-11H,6-9H2,(H,22,26)(H,20,21,23,25);1-5,7,9-11H,6,8H2,(H,22,26)(H,20,21,23,25);4*1-2H3. The molecule has 0 saturated heterocycles. The number of nitrogens with zero attached hydrogens (tertiary/aromatic N) is 6. The predicted octanol–water partition coefficient (Wildman–Crippen LogP) is 8.84. The van der Waals surface area contributed by atoms with Gasteiger partial charge >= 0.3 is 0 Å². The third-order valence-corrected chi connectivity index (χ3v) is 8.37. The SMILES string of the molecule is CC.CC.CC.CC.O=C(Nc1ccccc1)c1cc(CCc2ncnc3[nH]c(=O)ccc23)on1.O=C1CCc2c(CCc3cc(C(=O)Nc4ccccc4)no3)ncnc2N1. The number of para-hydroxylation sites is 2. The molecule has 2 aromatic carbocycles. The van der Waals surface area contributed by atoms with E-state index in [0.29, 0.717) is 72.9 Å². The fourth-order valence-electron chi connectivity index (χ4n) is 5.68. The highest BCUT2D eigenvalue weighted by Crippen LogP contribution is 2.23. The Morgan fingerprint density at radius 1 is 0.597 bits per heavy atom. The Hall–Kier alpha value is -7.36. The zero-order chi connectivity index (χ0) is 45.3. The molecule has 0 fully saturated rings. The van der Waals surface area contributed by atoms with Crippen LogP contribution < -0.4 is 21.5 Å². The summed E-state index contributed by atoms with van der Waals surface area (Å²) in [5.41, 5.74) is 4.71. The monoisotopic (exact) mass is 844 g/mol. The molecule has 0 bridgehead atoms. The summed E-state index contributed by atoms with van der Waals surface area (Å²) in [6, 6.07) is 24.7. The third kappa shape index (κ3) is 14.4. The fraction of sp³-hybridized carbons (Fsp3) is 0.304. The highest BCUT2D eigenvalue weighted by atomic mass is 16.5. The number of hydrogen-bond acceptors (Lipinski definition) is 12. The van der Waals surface area contributed by atoms with E-state index in [-0.39, 0.29) is 34.7 Å². The molecule has 16 heteroatoms. The van der Waals surface area contributed by atoms with E-state index in [9.17, 15) is 19.2 Å². The molecule has 16 nitrogen and oxygen atoms in total. The van der Waals surface area contributed by atoms with Crippen molar-refractivity contribution >= 4 is 45.9 Å². The Morgan fingerprint density at radius 3 is 1.65 bits per heavy atom. The van der Waals surface area contributed by atoms with Crippen molar-refractivity contribution in [2.45, 2.75) is 93.9 Å². The molecule has 0 spiro atoms. The van der Waals surface area contributed by atoms with Gasteiger partial charge in [0.2, 0.25) is 11.5 Å². The number of aromatic nitrogens is 7. The maximum Gasteiger partial charge on any atom is 0.277 e. The minimum atomic E-state index is -0.332. The lowest BCUT2D eigenvalue weighted by atomic mass is 10.0. The Labute approximate surface area is 361 Å². The second-order valence-corrected chi connectivity index (χ2v) is 12.1. The minimum Gasteiger partial charge on any atom is -0.361 e. The molecule has 5 aromatic heterocycles. The van der Waals surface area contributed by atoms with Crippen LogP contribution in [-0.4, -0.2) is 53.0 Å². The van der Waals surface area contributed by atoms with E-state index in [1.54, 1.807) is 42.5 Å². The number of anilines is 3. The first-order valence-electron chi connectivity index (χ1n) is 21.0. The summed E-state index contributed by atoms with van der Waals surface area (Å²) in [6.45, 7) is 16.0. The summed E-state index contributed by atoms with van der Waals surface area (Å²) in [5.74, 6) is 1.07. The van der Waals surface area contributed by atoms with Crippen LogP contribution in [0.1, 0.15) is 111 Å². The number of benzene rings is 2. The largest absolute Gasteiger partial charge is 0.361 e. The first-order valence-corrected chi connectivity index (χ1v) is 21.0. The van der Waals surface area contributed by atoms with Crippen molar-refractivity contribution < 1.29 is 23.4 Å². The molecule has 7 aromatic rings. The van der Waals surface area contributed by atoms with Crippen molar-refractivity contribution in [1.29, 1.82) is 0 Å². The van der Waals surface area contributed by atoms with E-state index in [4.69, 9.17) is 9.05 Å². The average Bonchev–Trinajstić information content (AvgIpc) is 4.02. The molecule has 8 rings (SSSR count). The van der Waals surface area contributed by atoms with Gasteiger partial charge in [-0.25, -0.2) is 19.9 Å². The van der Waals surface area contributed by atoms with Crippen LogP contribution in [0.25, 0.3) is 11.0 Å². The van der Waals surface area contributed by atoms with Crippen LogP contribution in [0.4, 0.5) is 17.2 Å². The van der Waals surface area contributed by atoms with E-state index in [1.165, 1.54) is 18.7 Å². The molecular weight excluding hydrogens is 789 g/mol. The number of H-pyrrole nitrogens is 1. The number of fused-ring (bicyclic) bond motifs is 2. The first-order chi connectivity index (χ1) is 30.4. The Kier molecular flexibility index (Phi) is 21.1. The lowest BCUT2D eigenvalue weighted by molar-refractivity contribution is -0.116. The van der Waals surface area contributed by atoms with Gasteiger partial charge in [0.15, 0.2) is 11.4 Å². The second-order valence-electron chi connectivity index (χ2n) is 12.1. The van der Waals surface area contributed by atoms with E-state index in [1.807, 2.05) is 91.8 Å². The van der Waals surface area contributed by atoms with Gasteiger partial charge in [-0.1, -0.05) is 102 Å². The van der Waals surface area contributed by atoms with Crippen LogP contribution in [0.2, 0.25) is 0 Å². The number of carbonyl (C=O) groups excluding carboxylic acids is 3. The van der Waals surface area contributed by atoms with Gasteiger partial charge in [-0.15, -0.1) is 0 Å². The lowest BCUT2D eigenvalue weighted by Gasteiger charge is -2.17. The summed E-state index contributed by atoms with van der Waals surface area (Å²) < 4.78 is 10.5. The number of carbonyl (C=O) groups is 3. The summed E-state index contributed by atoms with van der Waals surface area (Å²) >= 11 is 0. The maximum atomic E-state index is 12.2. The zero-order valence-electron chi connectivity index (χ0n) is 36.6. The van der Waals surface area contributed by atoms with Crippen LogP contribution in [0.15, 0.2) is 111 Å². The van der Waals surface area contributed by atoms with Gasteiger partial charge in [-0.2, -0.15) is 0 Å². The molecule has 3 amide bonds. The lowest BCUT2D eigenvalue weighted by Crippen LogP contribution is -2.22. The van der Waals surface area contributed by atoms with Crippen molar-refractivity contribution in [2.24, 2.45) is 0 Å². The van der Waals surface area contributed by atoms with Crippen molar-refractivity contribution in [3.05, 3.63) is 148 Å². The van der Waals surface area contributed by atoms with Crippen LogP contribution in [-0.2, 0) is 36.9 Å². The number of nitrogens with one attached hydrogen (secondary N) is 4. The molecule has 1 aliphatic heterocycles. The molecule has 0 radical (unpaired) electrons. The topological polar surface area (TPSA) is 224 Å². The molecule has 0 aliphatic carbocycles. The Balaban J connectivity index is 0.000000285. The van der Waals surface area contributed by atoms with Gasteiger partial charge in [-0.05, 0) is 49.6 Å². The number of hydrogen-bond donors (Lipinski definition) is 4. The van der Waals surface area contributed by atoms with E-state index < -0.39 is 0 Å². The highest BCUT2D eigenvalue weighted by molar-refractivity contribution is 6.03. The molecule has 4 N–H and O–H groups in total. The molecule has 6 heterocycles. The van der Waals surface area contributed by atoms with Gasteiger partial charge in [0, 0.05) is 65.5 Å². The van der Waals surface area contributed by atoms with E-state index in [0.717, 1.165) is 22.3 Å². The molecule has 1 aliphatic rings. The van der Waals surface area contributed by atoms with Gasteiger partial charge in [0.25, 0.3) is 11.8 Å². The summed E-state index contributed by atoms with van der Waals surface area (Å²) in [5, 5.41) is 16.7. The van der Waals surface area contributed by atoms with Crippen molar-refractivity contribution in [3.63, 3.8) is 0 Å². The second kappa shape index (κ2) is 26.7. The number of rotatable bonds is 10. The van der Waals surface area contributed by atoms with Crippen LogP contribution >= 0.6 is 0 Å². The van der Waals surface area contributed by atoms with Gasteiger partial charge < -0.3 is 30.0 Å². The van der Waals surface area contributed by atoms with Crippen LogP contribution in [0.5, 0.6) is 0 Å². The molecule has 0 atom stereocenters.